The monoisotopic (exact) mass is 186 g/mol. The Hall–Kier alpha value is -0.410. The second kappa shape index (κ2) is 8.20. The summed E-state index contributed by atoms with van der Waals surface area (Å²) in [4.78, 5) is 6.03. The van der Waals surface area contributed by atoms with Crippen molar-refractivity contribution in [3.63, 3.8) is 0 Å². The molecule has 78 valence electrons. The predicted octanol–water partition coefficient (Wildman–Crippen LogP) is 1.17. The Bertz CT molecular complexity index is 137. The molecule has 0 bridgehead atoms. The number of aliphatic imine (C=N–C) groups is 1. The standard InChI is InChI=1S/C10H22N2O/c1-4-5-7-12(3)8-6-10(13)9-11-2/h9-10,13H,4-8H2,1-3H3/t10-/m1/s1. The lowest BCUT2D eigenvalue weighted by molar-refractivity contribution is 0.206. The fraction of sp³-hybridized carbons (Fsp3) is 0.900. The summed E-state index contributed by atoms with van der Waals surface area (Å²) < 4.78 is 0. The summed E-state index contributed by atoms with van der Waals surface area (Å²) in [5.74, 6) is 0. The molecule has 0 aliphatic rings. The minimum Gasteiger partial charge on any atom is -0.387 e. The first-order valence-corrected chi connectivity index (χ1v) is 4.99. The van der Waals surface area contributed by atoms with Gasteiger partial charge in [-0.05, 0) is 26.4 Å². The van der Waals surface area contributed by atoms with Gasteiger partial charge in [0.05, 0.1) is 6.10 Å². The van der Waals surface area contributed by atoms with E-state index in [0.29, 0.717) is 0 Å². The first-order valence-electron chi connectivity index (χ1n) is 4.99. The third-order valence-corrected chi connectivity index (χ3v) is 2.02. The molecule has 1 N–H and O–H groups in total. The van der Waals surface area contributed by atoms with Crippen molar-refractivity contribution in [3.8, 4) is 0 Å². The fourth-order valence-corrected chi connectivity index (χ4v) is 1.14. The van der Waals surface area contributed by atoms with Crippen molar-refractivity contribution < 1.29 is 5.11 Å². The van der Waals surface area contributed by atoms with Gasteiger partial charge in [-0.25, -0.2) is 0 Å². The average Bonchev–Trinajstić information content (AvgIpc) is 2.12. The molecule has 0 aromatic heterocycles. The van der Waals surface area contributed by atoms with E-state index in [1.165, 1.54) is 12.8 Å². The van der Waals surface area contributed by atoms with Crippen LogP contribution in [-0.4, -0.2) is 49.5 Å². The summed E-state index contributed by atoms with van der Waals surface area (Å²) in [7, 11) is 3.77. The maximum atomic E-state index is 9.35. The van der Waals surface area contributed by atoms with Gasteiger partial charge in [-0.3, -0.25) is 4.99 Å². The molecule has 1 atom stereocenters. The maximum Gasteiger partial charge on any atom is 0.0898 e. The normalized spacial score (nSPS) is 14.2. The Labute approximate surface area is 81.5 Å². The number of hydrogen-bond donors (Lipinski definition) is 1. The molecule has 0 unspecified atom stereocenters. The molecular weight excluding hydrogens is 164 g/mol. The molecule has 0 aliphatic carbocycles. The van der Waals surface area contributed by atoms with Gasteiger partial charge in [0.15, 0.2) is 0 Å². The minimum absolute atomic E-state index is 0.380. The van der Waals surface area contributed by atoms with Crippen LogP contribution in [0, 0.1) is 0 Å². The SMILES string of the molecule is CCCCN(C)CC[C@@H](O)C=NC. The molecule has 0 rings (SSSR count). The quantitative estimate of drug-likeness (QED) is 0.606. The molecule has 0 heterocycles. The number of aliphatic hydroxyl groups excluding tert-OH is 1. The van der Waals surface area contributed by atoms with Crippen LogP contribution in [0.25, 0.3) is 0 Å². The highest BCUT2D eigenvalue weighted by Gasteiger charge is 2.02. The van der Waals surface area contributed by atoms with Gasteiger partial charge in [0, 0.05) is 19.8 Å². The van der Waals surface area contributed by atoms with Crippen LogP contribution in [0.5, 0.6) is 0 Å². The molecule has 3 heteroatoms. The number of nitrogens with zero attached hydrogens (tertiary/aromatic N) is 2. The lowest BCUT2D eigenvalue weighted by atomic mass is 10.2. The fourth-order valence-electron chi connectivity index (χ4n) is 1.14. The molecule has 0 fully saturated rings. The van der Waals surface area contributed by atoms with Gasteiger partial charge in [0.2, 0.25) is 0 Å². The van der Waals surface area contributed by atoms with Gasteiger partial charge in [-0.2, -0.15) is 0 Å². The van der Waals surface area contributed by atoms with Crippen LogP contribution >= 0.6 is 0 Å². The van der Waals surface area contributed by atoms with Crippen LogP contribution in [0.3, 0.4) is 0 Å². The first kappa shape index (κ1) is 12.6. The van der Waals surface area contributed by atoms with Crippen molar-refractivity contribution in [2.45, 2.75) is 32.3 Å². The van der Waals surface area contributed by atoms with E-state index >= 15 is 0 Å². The van der Waals surface area contributed by atoms with E-state index in [4.69, 9.17) is 0 Å². The zero-order valence-electron chi connectivity index (χ0n) is 9.03. The topological polar surface area (TPSA) is 35.8 Å². The Kier molecular flexibility index (Phi) is 7.94. The van der Waals surface area contributed by atoms with Gasteiger partial charge in [0.1, 0.15) is 0 Å². The molecule has 0 radical (unpaired) electrons. The van der Waals surface area contributed by atoms with Crippen molar-refractivity contribution >= 4 is 6.21 Å². The largest absolute Gasteiger partial charge is 0.387 e. The van der Waals surface area contributed by atoms with Gasteiger partial charge in [-0.1, -0.05) is 13.3 Å². The Morgan fingerprint density at radius 3 is 2.69 bits per heavy atom. The highest BCUT2D eigenvalue weighted by Crippen LogP contribution is 1.95. The van der Waals surface area contributed by atoms with E-state index in [1.54, 1.807) is 13.3 Å². The minimum atomic E-state index is -0.380. The number of aliphatic hydroxyl groups is 1. The summed E-state index contributed by atoms with van der Waals surface area (Å²) >= 11 is 0. The maximum absolute atomic E-state index is 9.35. The molecule has 0 saturated heterocycles. The van der Waals surface area contributed by atoms with Crippen molar-refractivity contribution in [2.75, 3.05) is 27.2 Å². The molecule has 0 aromatic carbocycles. The Morgan fingerprint density at radius 2 is 2.15 bits per heavy atom. The van der Waals surface area contributed by atoms with E-state index < -0.39 is 0 Å². The van der Waals surface area contributed by atoms with Crippen LogP contribution in [0.1, 0.15) is 26.2 Å². The third kappa shape index (κ3) is 7.94. The first-order chi connectivity index (χ1) is 6.20. The number of rotatable bonds is 7. The molecule has 3 nitrogen and oxygen atoms in total. The van der Waals surface area contributed by atoms with Crippen molar-refractivity contribution in [1.29, 1.82) is 0 Å². The van der Waals surface area contributed by atoms with Crippen LogP contribution in [0.15, 0.2) is 4.99 Å². The average molecular weight is 186 g/mol. The zero-order chi connectivity index (χ0) is 10.1. The zero-order valence-corrected chi connectivity index (χ0v) is 9.03. The van der Waals surface area contributed by atoms with Gasteiger partial charge >= 0.3 is 0 Å². The van der Waals surface area contributed by atoms with E-state index in [-0.39, 0.29) is 6.10 Å². The van der Waals surface area contributed by atoms with E-state index in [9.17, 15) is 5.11 Å². The third-order valence-electron chi connectivity index (χ3n) is 2.02. The summed E-state index contributed by atoms with van der Waals surface area (Å²) in [5, 5.41) is 9.35. The Balaban J connectivity index is 3.39. The summed E-state index contributed by atoms with van der Waals surface area (Å²) in [6.07, 6.45) is 4.44. The summed E-state index contributed by atoms with van der Waals surface area (Å²) in [6, 6.07) is 0. The second-order valence-electron chi connectivity index (χ2n) is 3.42. The second-order valence-corrected chi connectivity index (χ2v) is 3.42. The highest BCUT2D eigenvalue weighted by molar-refractivity contribution is 5.62. The molecule has 13 heavy (non-hydrogen) atoms. The molecule has 0 saturated carbocycles. The van der Waals surface area contributed by atoms with Gasteiger partial charge in [0.25, 0.3) is 0 Å². The molecular formula is C10H22N2O. The molecule has 0 aliphatic heterocycles. The van der Waals surface area contributed by atoms with Crippen LogP contribution in [0.2, 0.25) is 0 Å². The van der Waals surface area contributed by atoms with Crippen molar-refractivity contribution in [3.05, 3.63) is 0 Å². The van der Waals surface area contributed by atoms with E-state index in [0.717, 1.165) is 19.5 Å². The lowest BCUT2D eigenvalue weighted by Crippen LogP contribution is -2.24. The summed E-state index contributed by atoms with van der Waals surface area (Å²) in [5.41, 5.74) is 0. The highest BCUT2D eigenvalue weighted by atomic mass is 16.3. The van der Waals surface area contributed by atoms with Gasteiger partial charge < -0.3 is 10.0 Å². The molecule has 0 spiro atoms. The van der Waals surface area contributed by atoms with Crippen LogP contribution in [0.4, 0.5) is 0 Å². The molecule has 0 amide bonds. The van der Waals surface area contributed by atoms with Crippen molar-refractivity contribution in [2.24, 2.45) is 4.99 Å². The number of hydrogen-bond acceptors (Lipinski definition) is 3. The molecule has 0 aromatic rings. The number of unbranched alkanes of at least 4 members (excludes halogenated alkanes) is 1. The lowest BCUT2D eigenvalue weighted by Gasteiger charge is -2.16. The Morgan fingerprint density at radius 1 is 1.46 bits per heavy atom. The predicted molar refractivity (Wildman–Crippen MR) is 57.4 cm³/mol. The smallest absolute Gasteiger partial charge is 0.0898 e. The van der Waals surface area contributed by atoms with Crippen LogP contribution < -0.4 is 0 Å². The van der Waals surface area contributed by atoms with Gasteiger partial charge in [-0.15, -0.1) is 0 Å². The van der Waals surface area contributed by atoms with E-state index in [1.807, 2.05) is 0 Å². The summed E-state index contributed by atoms with van der Waals surface area (Å²) in [6.45, 7) is 4.24. The van der Waals surface area contributed by atoms with E-state index in [2.05, 4.69) is 23.9 Å². The van der Waals surface area contributed by atoms with Crippen LogP contribution in [-0.2, 0) is 0 Å². The van der Waals surface area contributed by atoms with Crippen molar-refractivity contribution in [1.82, 2.24) is 4.90 Å².